The van der Waals surface area contributed by atoms with Gasteiger partial charge in [0, 0.05) is 19.8 Å². The van der Waals surface area contributed by atoms with Crippen molar-refractivity contribution in [2.24, 2.45) is 11.8 Å². The third kappa shape index (κ3) is 2.48. The second kappa shape index (κ2) is 5.13. The van der Waals surface area contributed by atoms with Crippen LogP contribution in [0.15, 0.2) is 0 Å². The van der Waals surface area contributed by atoms with Crippen LogP contribution in [0.3, 0.4) is 0 Å². The first-order chi connectivity index (χ1) is 6.90. The topological polar surface area (TPSA) is 21.3 Å². The molecular weight excluding hydrogens is 174 g/mol. The van der Waals surface area contributed by atoms with Crippen molar-refractivity contribution in [1.29, 1.82) is 0 Å². The molecule has 82 valence electrons. The zero-order chi connectivity index (χ0) is 9.80. The molecule has 2 aliphatic carbocycles. The van der Waals surface area contributed by atoms with Gasteiger partial charge >= 0.3 is 0 Å². The number of nitrogens with one attached hydrogen (secondary N) is 1. The highest BCUT2D eigenvalue weighted by Crippen LogP contribution is 2.44. The van der Waals surface area contributed by atoms with E-state index in [2.05, 4.69) is 5.32 Å². The van der Waals surface area contributed by atoms with Crippen molar-refractivity contribution in [3.05, 3.63) is 0 Å². The number of hydrogen-bond acceptors (Lipinski definition) is 2. The van der Waals surface area contributed by atoms with Crippen LogP contribution in [0.4, 0.5) is 0 Å². The number of rotatable bonds is 6. The Morgan fingerprint density at radius 3 is 2.79 bits per heavy atom. The third-order valence-corrected chi connectivity index (χ3v) is 3.92. The van der Waals surface area contributed by atoms with Gasteiger partial charge in [-0.2, -0.15) is 0 Å². The van der Waals surface area contributed by atoms with Gasteiger partial charge in [0.25, 0.3) is 0 Å². The zero-order valence-corrected chi connectivity index (χ0v) is 9.30. The SMILES string of the molecule is COCCCCN[C@H]1C[C@@H]2CC[C@@H]1C2. The summed E-state index contributed by atoms with van der Waals surface area (Å²) in [5.74, 6) is 2.08. The van der Waals surface area contributed by atoms with Crippen molar-refractivity contribution in [2.75, 3.05) is 20.3 Å². The smallest absolute Gasteiger partial charge is 0.0462 e. The molecule has 2 aliphatic rings. The lowest BCUT2D eigenvalue weighted by Crippen LogP contribution is -2.34. The maximum absolute atomic E-state index is 5.04. The lowest BCUT2D eigenvalue weighted by Gasteiger charge is -2.22. The van der Waals surface area contributed by atoms with E-state index in [0.717, 1.165) is 24.5 Å². The van der Waals surface area contributed by atoms with Crippen LogP contribution in [0.1, 0.15) is 38.5 Å². The first kappa shape index (κ1) is 10.4. The van der Waals surface area contributed by atoms with E-state index >= 15 is 0 Å². The molecule has 0 spiro atoms. The molecule has 0 aliphatic heterocycles. The minimum absolute atomic E-state index is 0.858. The molecule has 0 unspecified atom stereocenters. The van der Waals surface area contributed by atoms with Crippen molar-refractivity contribution >= 4 is 0 Å². The van der Waals surface area contributed by atoms with Crippen molar-refractivity contribution in [1.82, 2.24) is 5.32 Å². The lowest BCUT2D eigenvalue weighted by molar-refractivity contribution is 0.191. The summed E-state index contributed by atoms with van der Waals surface area (Å²) >= 11 is 0. The van der Waals surface area contributed by atoms with Crippen LogP contribution in [-0.2, 0) is 4.74 Å². The molecule has 3 atom stereocenters. The maximum Gasteiger partial charge on any atom is 0.0462 e. The molecule has 0 heterocycles. The fraction of sp³-hybridized carbons (Fsp3) is 1.00. The van der Waals surface area contributed by atoms with Gasteiger partial charge in [-0.3, -0.25) is 0 Å². The van der Waals surface area contributed by atoms with Crippen LogP contribution < -0.4 is 5.32 Å². The molecule has 0 radical (unpaired) electrons. The van der Waals surface area contributed by atoms with Gasteiger partial charge in [-0.1, -0.05) is 6.42 Å². The molecule has 0 aromatic rings. The molecule has 2 nitrogen and oxygen atoms in total. The summed E-state index contributed by atoms with van der Waals surface area (Å²) in [7, 11) is 1.78. The van der Waals surface area contributed by atoms with Gasteiger partial charge in [-0.05, 0) is 50.5 Å². The second-order valence-electron chi connectivity index (χ2n) is 4.94. The maximum atomic E-state index is 5.04. The Morgan fingerprint density at radius 2 is 2.14 bits per heavy atom. The van der Waals surface area contributed by atoms with Crippen molar-refractivity contribution in [3.63, 3.8) is 0 Å². The fourth-order valence-electron chi connectivity index (χ4n) is 3.15. The first-order valence-corrected chi connectivity index (χ1v) is 6.12. The summed E-state index contributed by atoms with van der Waals surface area (Å²) in [4.78, 5) is 0. The first-order valence-electron chi connectivity index (χ1n) is 6.12. The Morgan fingerprint density at radius 1 is 1.21 bits per heavy atom. The molecular formula is C12H23NO. The number of ether oxygens (including phenoxy) is 1. The largest absolute Gasteiger partial charge is 0.385 e. The predicted octanol–water partition coefficient (Wildman–Crippen LogP) is 2.19. The van der Waals surface area contributed by atoms with Crippen LogP contribution in [0, 0.1) is 11.8 Å². The minimum atomic E-state index is 0.858. The van der Waals surface area contributed by atoms with Gasteiger partial charge in [0.1, 0.15) is 0 Å². The Kier molecular flexibility index (Phi) is 3.82. The summed E-state index contributed by atoms with van der Waals surface area (Å²) in [5, 5.41) is 3.72. The van der Waals surface area contributed by atoms with Gasteiger partial charge in [-0.15, -0.1) is 0 Å². The molecule has 2 heteroatoms. The highest BCUT2D eigenvalue weighted by molar-refractivity contribution is 4.93. The minimum Gasteiger partial charge on any atom is -0.385 e. The Balaban J connectivity index is 1.54. The van der Waals surface area contributed by atoms with E-state index in [0.29, 0.717) is 0 Å². The molecule has 2 bridgehead atoms. The summed E-state index contributed by atoms with van der Waals surface area (Å²) in [6.07, 6.45) is 8.42. The van der Waals surface area contributed by atoms with Crippen LogP contribution in [-0.4, -0.2) is 26.3 Å². The van der Waals surface area contributed by atoms with E-state index in [9.17, 15) is 0 Å². The van der Waals surface area contributed by atoms with Crippen LogP contribution >= 0.6 is 0 Å². The van der Waals surface area contributed by atoms with Gasteiger partial charge in [0.15, 0.2) is 0 Å². The average Bonchev–Trinajstić information content (AvgIpc) is 2.79. The molecule has 14 heavy (non-hydrogen) atoms. The normalized spacial score (nSPS) is 35.4. The summed E-state index contributed by atoms with van der Waals surface area (Å²) in [6, 6.07) is 0.858. The number of hydrogen-bond donors (Lipinski definition) is 1. The Labute approximate surface area is 87.4 Å². The molecule has 1 N–H and O–H groups in total. The summed E-state index contributed by atoms with van der Waals surface area (Å²) in [5.41, 5.74) is 0. The van der Waals surface area contributed by atoms with Crippen LogP contribution in [0.5, 0.6) is 0 Å². The van der Waals surface area contributed by atoms with E-state index in [-0.39, 0.29) is 0 Å². The molecule has 2 saturated carbocycles. The molecule has 0 amide bonds. The van der Waals surface area contributed by atoms with Crippen molar-refractivity contribution in [3.8, 4) is 0 Å². The molecule has 2 rings (SSSR count). The summed E-state index contributed by atoms with van der Waals surface area (Å²) in [6.45, 7) is 2.11. The molecule has 0 saturated heterocycles. The van der Waals surface area contributed by atoms with Gasteiger partial charge in [0.2, 0.25) is 0 Å². The second-order valence-corrected chi connectivity index (χ2v) is 4.94. The van der Waals surface area contributed by atoms with E-state index in [1.807, 2.05) is 0 Å². The summed E-state index contributed by atoms with van der Waals surface area (Å²) < 4.78 is 5.04. The van der Waals surface area contributed by atoms with Gasteiger partial charge in [0.05, 0.1) is 0 Å². The van der Waals surface area contributed by atoms with Gasteiger partial charge in [-0.25, -0.2) is 0 Å². The quantitative estimate of drug-likeness (QED) is 0.659. The van der Waals surface area contributed by atoms with Crippen LogP contribution in [0.2, 0.25) is 0 Å². The van der Waals surface area contributed by atoms with Crippen molar-refractivity contribution in [2.45, 2.75) is 44.6 Å². The number of unbranched alkanes of at least 4 members (excludes halogenated alkanes) is 1. The average molecular weight is 197 g/mol. The molecule has 0 aromatic heterocycles. The lowest BCUT2D eigenvalue weighted by atomic mass is 9.95. The number of fused-ring (bicyclic) bond motifs is 2. The van der Waals surface area contributed by atoms with E-state index < -0.39 is 0 Å². The predicted molar refractivity (Wildman–Crippen MR) is 58.3 cm³/mol. The van der Waals surface area contributed by atoms with Crippen LogP contribution in [0.25, 0.3) is 0 Å². The highest BCUT2D eigenvalue weighted by atomic mass is 16.5. The molecule has 2 fully saturated rings. The van der Waals surface area contributed by atoms with E-state index in [4.69, 9.17) is 4.74 Å². The molecule has 0 aromatic carbocycles. The van der Waals surface area contributed by atoms with E-state index in [1.54, 1.807) is 7.11 Å². The standard InChI is InChI=1S/C12H23NO/c1-14-7-3-2-6-13-12-9-10-4-5-11(12)8-10/h10-13H,2-9H2,1H3/t10-,11-,12+/m1/s1. The fourth-order valence-corrected chi connectivity index (χ4v) is 3.15. The third-order valence-electron chi connectivity index (χ3n) is 3.92. The number of methoxy groups -OCH3 is 1. The van der Waals surface area contributed by atoms with Crippen molar-refractivity contribution < 1.29 is 4.74 Å². The Hall–Kier alpha value is -0.0800. The zero-order valence-electron chi connectivity index (χ0n) is 9.30. The Bertz CT molecular complexity index is 172. The monoisotopic (exact) mass is 197 g/mol. The highest BCUT2D eigenvalue weighted by Gasteiger charge is 2.38. The van der Waals surface area contributed by atoms with Gasteiger partial charge < -0.3 is 10.1 Å². The van der Waals surface area contributed by atoms with E-state index in [1.165, 1.54) is 45.1 Å².